The van der Waals surface area contributed by atoms with Crippen molar-refractivity contribution in [2.24, 2.45) is 4.99 Å². The third-order valence-corrected chi connectivity index (χ3v) is 6.62. The van der Waals surface area contributed by atoms with Gasteiger partial charge in [0.1, 0.15) is 12.5 Å². The van der Waals surface area contributed by atoms with Gasteiger partial charge in [0, 0.05) is 56.0 Å². The molecule has 5 rings (SSSR count). The first kappa shape index (κ1) is 19.3. The standard InChI is InChI=1S/C23H31N7/c1-17-13-20(29-11-9-28(2)10-12-29)7-8-21(17)26-23-25-15-18-14-24-16-30(22(18)27-23)19-5-3-4-6-19/h7-8,13-15,19H,3-6,9-12,16H2,1-2H3,(H,25,26,27). The predicted octanol–water partition coefficient (Wildman–Crippen LogP) is 3.42. The van der Waals surface area contributed by atoms with E-state index in [1.807, 2.05) is 12.4 Å². The molecule has 0 radical (unpaired) electrons. The average molecular weight is 406 g/mol. The molecular weight excluding hydrogens is 374 g/mol. The van der Waals surface area contributed by atoms with Gasteiger partial charge in [-0.05, 0) is 50.6 Å². The van der Waals surface area contributed by atoms with E-state index in [9.17, 15) is 0 Å². The molecule has 1 aromatic heterocycles. The Bertz CT molecular complexity index is 927. The summed E-state index contributed by atoms with van der Waals surface area (Å²) < 4.78 is 0. The Hall–Kier alpha value is -2.67. The van der Waals surface area contributed by atoms with E-state index in [-0.39, 0.29) is 0 Å². The lowest BCUT2D eigenvalue weighted by Crippen LogP contribution is -2.44. The highest BCUT2D eigenvalue weighted by Crippen LogP contribution is 2.31. The number of rotatable bonds is 4. The highest BCUT2D eigenvalue weighted by molar-refractivity contribution is 5.88. The van der Waals surface area contributed by atoms with Gasteiger partial charge < -0.3 is 20.0 Å². The number of benzene rings is 1. The van der Waals surface area contributed by atoms with Gasteiger partial charge in [-0.25, -0.2) is 4.98 Å². The second-order valence-electron chi connectivity index (χ2n) is 8.75. The van der Waals surface area contributed by atoms with E-state index in [1.54, 1.807) is 0 Å². The fraction of sp³-hybridized carbons (Fsp3) is 0.522. The average Bonchev–Trinajstić information content (AvgIpc) is 3.30. The molecule has 158 valence electrons. The van der Waals surface area contributed by atoms with Crippen molar-refractivity contribution in [1.82, 2.24) is 14.9 Å². The van der Waals surface area contributed by atoms with Gasteiger partial charge in [0.15, 0.2) is 0 Å². The molecule has 30 heavy (non-hydrogen) atoms. The van der Waals surface area contributed by atoms with Gasteiger partial charge in [-0.15, -0.1) is 0 Å². The summed E-state index contributed by atoms with van der Waals surface area (Å²) in [6.45, 7) is 7.24. The number of nitrogens with one attached hydrogen (secondary N) is 1. The SMILES string of the molecule is Cc1cc(N2CCN(C)CC2)ccc1Nc1ncc2c(n1)N(C1CCCC1)CN=C2. The van der Waals surface area contributed by atoms with E-state index in [0.29, 0.717) is 18.7 Å². The fourth-order valence-electron chi connectivity index (χ4n) is 4.73. The number of nitrogens with zero attached hydrogens (tertiary/aromatic N) is 6. The third-order valence-electron chi connectivity index (χ3n) is 6.62. The molecule has 7 heteroatoms. The molecule has 2 fully saturated rings. The van der Waals surface area contributed by atoms with Crippen LogP contribution in [0.4, 0.5) is 23.1 Å². The molecule has 2 aromatic rings. The summed E-state index contributed by atoms with van der Waals surface area (Å²) in [5, 5.41) is 3.45. The molecule has 0 atom stereocenters. The zero-order valence-corrected chi connectivity index (χ0v) is 18.0. The topological polar surface area (TPSA) is 59.9 Å². The van der Waals surface area contributed by atoms with Crippen molar-refractivity contribution in [3.63, 3.8) is 0 Å². The molecule has 0 spiro atoms. The lowest BCUT2D eigenvalue weighted by Gasteiger charge is -2.34. The molecule has 1 N–H and O–H groups in total. The van der Waals surface area contributed by atoms with Gasteiger partial charge in [-0.1, -0.05) is 12.8 Å². The summed E-state index contributed by atoms with van der Waals surface area (Å²) in [7, 11) is 2.19. The predicted molar refractivity (Wildman–Crippen MR) is 123 cm³/mol. The molecule has 0 bridgehead atoms. The van der Waals surface area contributed by atoms with Crippen LogP contribution in [0.2, 0.25) is 0 Å². The summed E-state index contributed by atoms with van der Waals surface area (Å²) in [5.41, 5.74) is 4.58. The van der Waals surface area contributed by atoms with E-state index < -0.39 is 0 Å². The molecule has 0 unspecified atom stereocenters. The highest BCUT2D eigenvalue weighted by atomic mass is 15.3. The first-order chi connectivity index (χ1) is 14.7. The Morgan fingerprint density at radius 2 is 1.87 bits per heavy atom. The second-order valence-corrected chi connectivity index (χ2v) is 8.75. The first-order valence-corrected chi connectivity index (χ1v) is 11.1. The van der Waals surface area contributed by atoms with Crippen LogP contribution in [0, 0.1) is 6.92 Å². The summed E-state index contributed by atoms with van der Waals surface area (Å²) >= 11 is 0. The molecule has 1 aliphatic carbocycles. The highest BCUT2D eigenvalue weighted by Gasteiger charge is 2.27. The second kappa shape index (κ2) is 8.22. The number of anilines is 4. The fourth-order valence-corrected chi connectivity index (χ4v) is 4.73. The number of aryl methyl sites for hydroxylation is 1. The van der Waals surface area contributed by atoms with E-state index in [0.717, 1.165) is 43.2 Å². The number of likely N-dealkylation sites (N-methyl/N-ethyl adjacent to an activating group) is 1. The van der Waals surface area contributed by atoms with Crippen LogP contribution in [-0.2, 0) is 0 Å². The van der Waals surface area contributed by atoms with Crippen LogP contribution in [0.5, 0.6) is 0 Å². The quantitative estimate of drug-likeness (QED) is 0.841. The Labute approximate surface area is 178 Å². The van der Waals surface area contributed by atoms with Gasteiger partial charge >= 0.3 is 0 Å². The first-order valence-electron chi connectivity index (χ1n) is 11.1. The zero-order chi connectivity index (χ0) is 20.5. The van der Waals surface area contributed by atoms with Gasteiger partial charge in [-0.3, -0.25) is 4.99 Å². The third kappa shape index (κ3) is 3.86. The van der Waals surface area contributed by atoms with Crippen LogP contribution >= 0.6 is 0 Å². The Balaban J connectivity index is 1.34. The smallest absolute Gasteiger partial charge is 0.229 e. The molecule has 1 saturated heterocycles. The molecule has 1 saturated carbocycles. The molecule has 3 aliphatic rings. The lowest BCUT2D eigenvalue weighted by atomic mass is 10.1. The lowest BCUT2D eigenvalue weighted by molar-refractivity contribution is 0.313. The molecule has 3 heterocycles. The van der Waals surface area contributed by atoms with E-state index in [1.165, 1.54) is 36.9 Å². The van der Waals surface area contributed by atoms with Crippen LogP contribution in [-0.4, -0.2) is 67.0 Å². The minimum Gasteiger partial charge on any atom is -0.369 e. The zero-order valence-electron chi connectivity index (χ0n) is 18.0. The van der Waals surface area contributed by atoms with Crippen LogP contribution in [0.15, 0.2) is 29.4 Å². The number of aromatic nitrogens is 2. The summed E-state index contributed by atoms with van der Waals surface area (Å²) in [6.07, 6.45) is 8.86. The Kier molecular flexibility index (Phi) is 5.29. The van der Waals surface area contributed by atoms with Gasteiger partial charge in [0.25, 0.3) is 0 Å². The normalized spacial score (nSPS) is 19.9. The van der Waals surface area contributed by atoms with Crippen molar-refractivity contribution in [2.75, 3.05) is 55.0 Å². The van der Waals surface area contributed by atoms with Gasteiger partial charge in [0.2, 0.25) is 5.95 Å². The molecule has 7 nitrogen and oxygen atoms in total. The largest absolute Gasteiger partial charge is 0.369 e. The minimum atomic E-state index is 0.550. The molecule has 0 amide bonds. The number of piperazine rings is 1. The molecule has 1 aromatic carbocycles. The summed E-state index contributed by atoms with van der Waals surface area (Å²) in [5.74, 6) is 1.67. The maximum absolute atomic E-state index is 4.89. The van der Waals surface area contributed by atoms with Crippen molar-refractivity contribution < 1.29 is 0 Å². The number of hydrogen-bond acceptors (Lipinski definition) is 7. The maximum Gasteiger partial charge on any atom is 0.229 e. The van der Waals surface area contributed by atoms with Crippen LogP contribution in [0.3, 0.4) is 0 Å². The summed E-state index contributed by atoms with van der Waals surface area (Å²) in [6, 6.07) is 7.18. The summed E-state index contributed by atoms with van der Waals surface area (Å²) in [4.78, 5) is 21.2. The van der Waals surface area contributed by atoms with Crippen molar-refractivity contribution in [1.29, 1.82) is 0 Å². The van der Waals surface area contributed by atoms with Gasteiger partial charge in [0.05, 0.1) is 5.56 Å². The van der Waals surface area contributed by atoms with Crippen LogP contribution in [0.1, 0.15) is 36.8 Å². The Morgan fingerprint density at radius 3 is 2.63 bits per heavy atom. The van der Waals surface area contributed by atoms with Gasteiger partial charge in [-0.2, -0.15) is 4.98 Å². The van der Waals surface area contributed by atoms with Crippen LogP contribution < -0.4 is 15.1 Å². The van der Waals surface area contributed by atoms with E-state index >= 15 is 0 Å². The number of aliphatic imine (C=N–C) groups is 1. The van der Waals surface area contributed by atoms with Crippen molar-refractivity contribution in [3.05, 3.63) is 35.5 Å². The maximum atomic E-state index is 4.89. The molecular formula is C23H31N7. The van der Waals surface area contributed by atoms with E-state index in [2.05, 4.69) is 62.2 Å². The van der Waals surface area contributed by atoms with E-state index in [4.69, 9.17) is 4.98 Å². The van der Waals surface area contributed by atoms with Crippen molar-refractivity contribution in [2.45, 2.75) is 38.6 Å². The number of fused-ring (bicyclic) bond motifs is 1. The molecule has 2 aliphatic heterocycles. The number of hydrogen-bond donors (Lipinski definition) is 1. The van der Waals surface area contributed by atoms with Crippen LogP contribution in [0.25, 0.3) is 0 Å². The monoisotopic (exact) mass is 405 g/mol. The Morgan fingerprint density at radius 1 is 1.07 bits per heavy atom. The minimum absolute atomic E-state index is 0.550. The van der Waals surface area contributed by atoms with Crippen molar-refractivity contribution >= 4 is 29.4 Å². The van der Waals surface area contributed by atoms with Crippen molar-refractivity contribution in [3.8, 4) is 0 Å².